The highest BCUT2D eigenvalue weighted by molar-refractivity contribution is 5.91. The first-order chi connectivity index (χ1) is 6.68. The van der Waals surface area contributed by atoms with Crippen LogP contribution in [0.2, 0.25) is 0 Å². The summed E-state index contributed by atoms with van der Waals surface area (Å²) >= 11 is 0. The monoisotopic (exact) mass is 189 g/mol. The van der Waals surface area contributed by atoms with Crippen LogP contribution in [-0.2, 0) is 4.79 Å². The summed E-state index contributed by atoms with van der Waals surface area (Å²) in [6.45, 7) is 3.96. The topological polar surface area (TPSA) is 29.1 Å². The van der Waals surface area contributed by atoms with Crippen molar-refractivity contribution in [2.75, 3.05) is 5.32 Å². The lowest BCUT2D eigenvalue weighted by Crippen LogP contribution is -2.09. The van der Waals surface area contributed by atoms with Gasteiger partial charge in [-0.25, -0.2) is 0 Å². The molecule has 1 N–H and O–H groups in total. The van der Waals surface area contributed by atoms with E-state index < -0.39 is 0 Å². The van der Waals surface area contributed by atoms with Crippen molar-refractivity contribution < 1.29 is 4.79 Å². The molecule has 0 aliphatic carbocycles. The van der Waals surface area contributed by atoms with E-state index in [1.54, 1.807) is 0 Å². The lowest BCUT2D eigenvalue weighted by Gasteiger charge is -2.02. The number of anilines is 1. The number of benzene rings is 1. The zero-order valence-corrected chi connectivity index (χ0v) is 8.58. The largest absolute Gasteiger partial charge is 0.326 e. The van der Waals surface area contributed by atoms with Crippen molar-refractivity contribution in [1.82, 2.24) is 0 Å². The molecule has 74 valence electrons. The highest BCUT2D eigenvalue weighted by Gasteiger charge is 1.98. The zero-order valence-electron chi connectivity index (χ0n) is 8.58. The molecule has 0 saturated heterocycles. The fourth-order valence-electron chi connectivity index (χ4n) is 1.03. The van der Waals surface area contributed by atoms with Crippen LogP contribution in [0.5, 0.6) is 0 Å². The molecule has 0 heterocycles. The summed E-state index contributed by atoms with van der Waals surface area (Å²) in [6.07, 6.45) is 2.36. The molecule has 0 fully saturated rings. The Hall–Kier alpha value is -1.57. The molecule has 0 aliphatic rings. The number of nitrogens with one attached hydrogen (secondary N) is 1. The molecule has 1 aromatic carbocycles. The minimum Gasteiger partial charge on any atom is -0.326 e. The Balaban J connectivity index is 2.46. The molecule has 0 aliphatic heterocycles. The predicted molar refractivity (Wildman–Crippen MR) is 59.1 cm³/mol. The minimum absolute atomic E-state index is 0.0254. The molecule has 0 aromatic heterocycles. The molecule has 0 saturated carbocycles. The smallest absolute Gasteiger partial charge is 0.228 e. The third kappa shape index (κ3) is 3.90. The van der Waals surface area contributed by atoms with Gasteiger partial charge in [0, 0.05) is 12.1 Å². The van der Waals surface area contributed by atoms with Crippen LogP contribution in [0.25, 0.3) is 0 Å². The number of para-hydroxylation sites is 1. The molecule has 1 aromatic rings. The predicted octanol–water partition coefficient (Wildman–Crippen LogP) is 2.98. The van der Waals surface area contributed by atoms with Crippen molar-refractivity contribution in [3.8, 4) is 0 Å². The third-order valence-corrected chi connectivity index (χ3v) is 1.75. The van der Waals surface area contributed by atoms with Crippen LogP contribution in [0.3, 0.4) is 0 Å². The lowest BCUT2D eigenvalue weighted by atomic mass is 10.2. The zero-order chi connectivity index (χ0) is 10.4. The van der Waals surface area contributed by atoms with Crippen LogP contribution < -0.4 is 5.32 Å². The molecule has 1 rings (SSSR count). The second kappa shape index (κ2) is 5.22. The molecule has 0 bridgehead atoms. The van der Waals surface area contributed by atoms with E-state index in [0.29, 0.717) is 6.42 Å². The Morgan fingerprint density at radius 1 is 1.29 bits per heavy atom. The molecular weight excluding hydrogens is 174 g/mol. The van der Waals surface area contributed by atoms with Gasteiger partial charge in [0.05, 0.1) is 0 Å². The normalized spacial score (nSPS) is 9.29. The number of hydrogen-bond acceptors (Lipinski definition) is 1. The van der Waals surface area contributed by atoms with Crippen molar-refractivity contribution >= 4 is 11.6 Å². The van der Waals surface area contributed by atoms with Gasteiger partial charge in [-0.3, -0.25) is 4.79 Å². The minimum atomic E-state index is 0.0254. The van der Waals surface area contributed by atoms with Gasteiger partial charge in [-0.2, -0.15) is 0 Å². The van der Waals surface area contributed by atoms with Gasteiger partial charge in [-0.1, -0.05) is 29.8 Å². The van der Waals surface area contributed by atoms with E-state index in [9.17, 15) is 4.79 Å². The van der Waals surface area contributed by atoms with Crippen LogP contribution in [-0.4, -0.2) is 5.91 Å². The van der Waals surface area contributed by atoms with Gasteiger partial charge in [0.25, 0.3) is 0 Å². The Labute approximate surface area is 84.6 Å². The first-order valence-electron chi connectivity index (χ1n) is 4.67. The van der Waals surface area contributed by atoms with Gasteiger partial charge < -0.3 is 5.32 Å². The van der Waals surface area contributed by atoms with E-state index >= 15 is 0 Å². The van der Waals surface area contributed by atoms with Gasteiger partial charge in [-0.15, -0.1) is 0 Å². The fourth-order valence-corrected chi connectivity index (χ4v) is 1.03. The number of rotatable bonds is 3. The molecule has 0 spiro atoms. The quantitative estimate of drug-likeness (QED) is 0.728. The van der Waals surface area contributed by atoms with Crippen LogP contribution in [0.1, 0.15) is 20.3 Å². The average molecular weight is 189 g/mol. The SMILES string of the molecule is CC(C)=CCC(=O)Nc1ccccc1. The number of hydrogen-bond donors (Lipinski definition) is 1. The van der Waals surface area contributed by atoms with E-state index in [1.807, 2.05) is 50.3 Å². The van der Waals surface area contributed by atoms with Crippen molar-refractivity contribution in [1.29, 1.82) is 0 Å². The van der Waals surface area contributed by atoms with Crippen LogP contribution in [0, 0.1) is 0 Å². The van der Waals surface area contributed by atoms with Crippen LogP contribution in [0.4, 0.5) is 5.69 Å². The lowest BCUT2D eigenvalue weighted by molar-refractivity contribution is -0.115. The van der Waals surface area contributed by atoms with E-state index in [2.05, 4.69) is 5.32 Å². The molecule has 0 unspecified atom stereocenters. The van der Waals surface area contributed by atoms with Crippen molar-refractivity contribution in [3.63, 3.8) is 0 Å². The van der Waals surface area contributed by atoms with E-state index in [0.717, 1.165) is 11.3 Å². The first-order valence-corrected chi connectivity index (χ1v) is 4.67. The van der Waals surface area contributed by atoms with Gasteiger partial charge in [0.1, 0.15) is 0 Å². The van der Waals surface area contributed by atoms with Crippen molar-refractivity contribution in [2.24, 2.45) is 0 Å². The number of allylic oxidation sites excluding steroid dienone is 1. The first kappa shape index (κ1) is 10.5. The van der Waals surface area contributed by atoms with Crippen LogP contribution >= 0.6 is 0 Å². The van der Waals surface area contributed by atoms with Gasteiger partial charge in [0.15, 0.2) is 0 Å². The summed E-state index contributed by atoms with van der Waals surface area (Å²) in [4.78, 5) is 11.4. The number of amides is 1. The van der Waals surface area contributed by atoms with Crippen LogP contribution in [0.15, 0.2) is 42.0 Å². The second-order valence-electron chi connectivity index (χ2n) is 3.40. The van der Waals surface area contributed by atoms with E-state index in [4.69, 9.17) is 0 Å². The highest BCUT2D eigenvalue weighted by Crippen LogP contribution is 2.05. The average Bonchev–Trinajstić information content (AvgIpc) is 2.16. The summed E-state index contributed by atoms with van der Waals surface area (Å²) in [5.41, 5.74) is 2.01. The summed E-state index contributed by atoms with van der Waals surface area (Å²) in [6, 6.07) is 9.47. The molecular formula is C12H15NO. The Kier molecular flexibility index (Phi) is 3.92. The fraction of sp³-hybridized carbons (Fsp3) is 0.250. The standard InChI is InChI=1S/C12H15NO/c1-10(2)8-9-12(14)13-11-6-4-3-5-7-11/h3-8H,9H2,1-2H3,(H,13,14). The molecule has 0 atom stereocenters. The molecule has 2 heteroatoms. The second-order valence-corrected chi connectivity index (χ2v) is 3.40. The van der Waals surface area contributed by atoms with Crippen molar-refractivity contribution in [3.05, 3.63) is 42.0 Å². The Morgan fingerprint density at radius 3 is 2.50 bits per heavy atom. The number of carbonyl (C=O) groups is 1. The summed E-state index contributed by atoms with van der Waals surface area (Å²) in [7, 11) is 0. The summed E-state index contributed by atoms with van der Waals surface area (Å²) in [5.74, 6) is 0.0254. The molecule has 0 radical (unpaired) electrons. The summed E-state index contributed by atoms with van der Waals surface area (Å²) < 4.78 is 0. The summed E-state index contributed by atoms with van der Waals surface area (Å²) in [5, 5.41) is 2.81. The maximum atomic E-state index is 11.4. The highest BCUT2D eigenvalue weighted by atomic mass is 16.1. The van der Waals surface area contributed by atoms with E-state index in [-0.39, 0.29) is 5.91 Å². The molecule has 14 heavy (non-hydrogen) atoms. The van der Waals surface area contributed by atoms with Gasteiger partial charge in [0.2, 0.25) is 5.91 Å². The van der Waals surface area contributed by atoms with Gasteiger partial charge >= 0.3 is 0 Å². The molecule has 1 amide bonds. The van der Waals surface area contributed by atoms with Gasteiger partial charge in [-0.05, 0) is 26.0 Å². The maximum absolute atomic E-state index is 11.4. The molecule has 2 nitrogen and oxygen atoms in total. The Morgan fingerprint density at radius 2 is 1.93 bits per heavy atom. The Bertz CT molecular complexity index is 323. The number of carbonyl (C=O) groups excluding carboxylic acids is 1. The third-order valence-electron chi connectivity index (χ3n) is 1.75. The maximum Gasteiger partial charge on any atom is 0.228 e. The van der Waals surface area contributed by atoms with Crippen molar-refractivity contribution in [2.45, 2.75) is 20.3 Å². The van der Waals surface area contributed by atoms with E-state index in [1.165, 1.54) is 0 Å².